The van der Waals surface area contributed by atoms with E-state index in [0.717, 1.165) is 17.7 Å². The largest absolute Gasteiger partial charge is 0.481 e. The van der Waals surface area contributed by atoms with Crippen LogP contribution >= 0.6 is 0 Å². The number of nitrogens with zero attached hydrogens (tertiary/aromatic N) is 7. The van der Waals surface area contributed by atoms with E-state index >= 15 is 0 Å². The maximum Gasteiger partial charge on any atom is 0.421 e. The second-order valence-corrected chi connectivity index (χ2v) is 9.34. The quantitative estimate of drug-likeness (QED) is 0.304. The number of aromatic nitrogens is 7. The number of anilines is 1. The summed E-state index contributed by atoms with van der Waals surface area (Å²) in [5.41, 5.74) is -1.76. The molecule has 0 saturated carbocycles. The summed E-state index contributed by atoms with van der Waals surface area (Å²) < 4.78 is 53.6. The third-order valence-electron chi connectivity index (χ3n) is 6.50. The Balaban J connectivity index is 1.45. The number of nitrogens with one attached hydrogen (secondary N) is 1. The number of hydrogen-bond acceptors (Lipinski definition) is 9. The third kappa shape index (κ3) is 5.13. The number of pyridine rings is 2. The molecular formula is C26H23F3N8O5. The number of hydrogen-bond donors (Lipinski definition) is 1. The van der Waals surface area contributed by atoms with Crippen molar-refractivity contribution in [3.05, 3.63) is 80.7 Å². The molecule has 13 nitrogen and oxygen atoms in total. The van der Waals surface area contributed by atoms with Gasteiger partial charge in [0.15, 0.2) is 11.2 Å². The Morgan fingerprint density at radius 1 is 1.19 bits per heavy atom. The third-order valence-corrected chi connectivity index (χ3v) is 6.50. The summed E-state index contributed by atoms with van der Waals surface area (Å²) in [6.45, 7) is 3.03. The van der Waals surface area contributed by atoms with E-state index < -0.39 is 40.8 Å². The van der Waals surface area contributed by atoms with E-state index in [4.69, 9.17) is 9.26 Å². The molecule has 5 rings (SSSR count). The van der Waals surface area contributed by atoms with Crippen molar-refractivity contribution in [3.8, 4) is 17.1 Å². The minimum atomic E-state index is -4.71. The molecule has 0 aromatic carbocycles. The summed E-state index contributed by atoms with van der Waals surface area (Å²) in [4.78, 5) is 51.7. The van der Waals surface area contributed by atoms with Gasteiger partial charge in [0.1, 0.15) is 28.9 Å². The molecule has 0 aliphatic carbocycles. The van der Waals surface area contributed by atoms with Gasteiger partial charge in [0.2, 0.25) is 11.8 Å². The van der Waals surface area contributed by atoms with Crippen molar-refractivity contribution in [2.75, 3.05) is 12.4 Å². The van der Waals surface area contributed by atoms with Crippen LogP contribution in [0.3, 0.4) is 0 Å². The van der Waals surface area contributed by atoms with Crippen LogP contribution in [0.2, 0.25) is 0 Å². The van der Waals surface area contributed by atoms with Gasteiger partial charge in [0.25, 0.3) is 5.56 Å². The molecule has 0 bridgehead atoms. The van der Waals surface area contributed by atoms with Gasteiger partial charge in [-0.15, -0.1) is 0 Å². The van der Waals surface area contributed by atoms with Crippen molar-refractivity contribution in [1.82, 2.24) is 33.8 Å². The molecule has 1 N–H and O–H groups in total. The van der Waals surface area contributed by atoms with E-state index in [1.807, 2.05) is 0 Å². The van der Waals surface area contributed by atoms with E-state index in [1.54, 1.807) is 13.0 Å². The van der Waals surface area contributed by atoms with Crippen molar-refractivity contribution in [2.24, 2.45) is 7.05 Å². The number of ether oxygens (including phenoxy) is 1. The summed E-state index contributed by atoms with van der Waals surface area (Å²) in [7, 11) is 2.53. The average molecular weight is 585 g/mol. The smallest absolute Gasteiger partial charge is 0.421 e. The van der Waals surface area contributed by atoms with Gasteiger partial charge in [-0.1, -0.05) is 11.2 Å². The average Bonchev–Trinajstić information content (AvgIpc) is 3.59. The predicted molar refractivity (Wildman–Crippen MR) is 142 cm³/mol. The molecule has 0 fully saturated rings. The highest BCUT2D eigenvalue weighted by molar-refractivity contribution is 5.93. The number of aryl methyl sites for hydroxylation is 2. The second-order valence-electron chi connectivity index (χ2n) is 9.34. The first kappa shape index (κ1) is 28.3. The van der Waals surface area contributed by atoms with Crippen LogP contribution in [-0.2, 0) is 24.6 Å². The van der Waals surface area contributed by atoms with Crippen LogP contribution in [0.4, 0.5) is 19.0 Å². The van der Waals surface area contributed by atoms with Gasteiger partial charge >= 0.3 is 11.9 Å². The van der Waals surface area contributed by atoms with Gasteiger partial charge in [-0.25, -0.2) is 19.7 Å². The Bertz CT molecular complexity index is 1940. The summed E-state index contributed by atoms with van der Waals surface area (Å²) in [6, 6.07) is 5.87. The minimum Gasteiger partial charge on any atom is -0.481 e. The minimum absolute atomic E-state index is 0.00524. The monoisotopic (exact) mass is 584 g/mol. The van der Waals surface area contributed by atoms with Crippen LogP contribution in [0.15, 0.2) is 57.0 Å². The van der Waals surface area contributed by atoms with Crippen LogP contribution in [0.5, 0.6) is 5.88 Å². The van der Waals surface area contributed by atoms with Crippen LogP contribution < -0.4 is 21.3 Å². The number of carbonyl (C=O) groups is 1. The van der Waals surface area contributed by atoms with Crippen molar-refractivity contribution in [2.45, 2.75) is 32.6 Å². The molecule has 1 amide bonds. The van der Waals surface area contributed by atoms with Gasteiger partial charge in [-0.05, 0) is 32.0 Å². The fourth-order valence-electron chi connectivity index (χ4n) is 4.36. The lowest BCUT2D eigenvalue weighted by molar-refractivity contribution is -0.139. The Hall–Kier alpha value is -5.28. The van der Waals surface area contributed by atoms with E-state index in [-0.39, 0.29) is 34.8 Å². The Kier molecular flexibility index (Phi) is 7.13. The lowest BCUT2D eigenvalue weighted by Gasteiger charge is -2.15. The van der Waals surface area contributed by atoms with Crippen molar-refractivity contribution >= 4 is 22.9 Å². The Morgan fingerprint density at radius 3 is 2.62 bits per heavy atom. The lowest BCUT2D eigenvalue weighted by atomic mass is 10.1. The van der Waals surface area contributed by atoms with Gasteiger partial charge in [-0.2, -0.15) is 13.2 Å². The fourth-order valence-corrected chi connectivity index (χ4v) is 4.36. The predicted octanol–water partition coefficient (Wildman–Crippen LogP) is 2.93. The van der Waals surface area contributed by atoms with E-state index in [9.17, 15) is 27.6 Å². The van der Waals surface area contributed by atoms with E-state index in [2.05, 4.69) is 25.4 Å². The van der Waals surface area contributed by atoms with Crippen molar-refractivity contribution < 1.29 is 27.2 Å². The number of fused-ring (bicyclic) bond motifs is 1. The molecule has 0 aliphatic rings. The summed E-state index contributed by atoms with van der Waals surface area (Å²) in [5, 5.41) is 6.44. The maximum atomic E-state index is 13.5. The SMILES string of the molecule is COc1ncc(-c2cccc(NC(=O)[C@H](C)n3cnc4c3c(=O)n(Cc3cc(C)on3)c(=O)n4C)n2)cc1C(F)(F)F. The normalized spacial score (nSPS) is 12.5. The number of methoxy groups -OCH3 is 1. The molecular weight excluding hydrogens is 561 g/mol. The van der Waals surface area contributed by atoms with Gasteiger partial charge in [0, 0.05) is 24.9 Å². The highest BCUT2D eigenvalue weighted by Gasteiger charge is 2.35. The summed E-state index contributed by atoms with van der Waals surface area (Å²) in [5.74, 6) is -0.628. The van der Waals surface area contributed by atoms with Crippen LogP contribution in [0.25, 0.3) is 22.4 Å². The molecule has 42 heavy (non-hydrogen) atoms. The zero-order valence-electron chi connectivity index (χ0n) is 22.6. The first-order chi connectivity index (χ1) is 19.9. The second kappa shape index (κ2) is 10.6. The number of rotatable bonds is 7. The molecule has 5 aromatic heterocycles. The summed E-state index contributed by atoms with van der Waals surface area (Å²) >= 11 is 0. The summed E-state index contributed by atoms with van der Waals surface area (Å²) in [6.07, 6.45) is -2.26. The fraction of sp³-hybridized carbons (Fsp3) is 0.269. The van der Waals surface area contributed by atoms with E-state index in [1.165, 1.54) is 53.8 Å². The number of amides is 1. The van der Waals surface area contributed by atoms with Crippen LogP contribution in [-0.4, -0.2) is 46.8 Å². The van der Waals surface area contributed by atoms with Crippen LogP contribution in [0.1, 0.15) is 30.0 Å². The molecule has 0 saturated heterocycles. The van der Waals surface area contributed by atoms with Gasteiger partial charge < -0.3 is 19.1 Å². The highest BCUT2D eigenvalue weighted by atomic mass is 19.4. The number of halogens is 3. The molecule has 218 valence electrons. The van der Waals surface area contributed by atoms with Crippen LogP contribution in [0, 0.1) is 6.92 Å². The van der Waals surface area contributed by atoms with Crippen molar-refractivity contribution in [1.29, 1.82) is 0 Å². The molecule has 1 atom stereocenters. The molecule has 0 aliphatic heterocycles. The van der Waals surface area contributed by atoms with E-state index in [0.29, 0.717) is 11.5 Å². The lowest BCUT2D eigenvalue weighted by Crippen LogP contribution is -2.40. The van der Waals surface area contributed by atoms with Gasteiger partial charge in [-0.3, -0.25) is 18.7 Å². The number of alkyl halides is 3. The zero-order valence-corrected chi connectivity index (χ0v) is 22.6. The number of imidazole rings is 1. The topological polar surface area (TPSA) is 152 Å². The Morgan fingerprint density at radius 2 is 1.95 bits per heavy atom. The first-order valence-electron chi connectivity index (χ1n) is 12.4. The number of carbonyl (C=O) groups excluding carboxylic acids is 1. The van der Waals surface area contributed by atoms with Gasteiger partial charge in [0.05, 0.1) is 25.7 Å². The maximum absolute atomic E-state index is 13.5. The molecule has 16 heteroatoms. The highest BCUT2D eigenvalue weighted by Crippen LogP contribution is 2.37. The first-order valence-corrected chi connectivity index (χ1v) is 12.4. The molecule has 5 aromatic rings. The standard InChI is InChI=1S/C26H23F3N8O5/c1-13-8-16(34-42-13)11-36-24(39)20-21(35(3)25(36)40)31-12-37(20)14(2)22(38)33-19-7-5-6-18(32-19)15-9-17(26(27,28)29)23(41-4)30-10-15/h5-10,12,14H,11H2,1-4H3,(H,32,33,38)/t14-/m0/s1. The zero-order chi connectivity index (χ0) is 30.3. The van der Waals surface area contributed by atoms with Crippen molar-refractivity contribution in [3.63, 3.8) is 0 Å². The molecule has 0 radical (unpaired) electrons. The molecule has 5 heterocycles. The molecule has 0 unspecified atom stereocenters. The molecule has 0 spiro atoms. The Labute approximate surface area is 234 Å².